The second-order valence-corrected chi connectivity index (χ2v) is 6.83. The molecule has 2 N–H and O–H groups in total. The maximum Gasteiger partial charge on any atom is 0.287 e. The van der Waals surface area contributed by atoms with Crippen LogP contribution in [0.1, 0.15) is 41.8 Å². The van der Waals surface area contributed by atoms with Crippen LogP contribution in [0.15, 0.2) is 53.1 Å². The third-order valence-electron chi connectivity index (χ3n) is 5.38. The molecule has 3 heterocycles. The van der Waals surface area contributed by atoms with E-state index in [1.807, 2.05) is 0 Å². The number of fused-ring (bicyclic) bond motifs is 2. The van der Waals surface area contributed by atoms with E-state index in [2.05, 4.69) is 35.6 Å². The Labute approximate surface area is 136 Å². The Kier molecular flexibility index (Phi) is 3.92. The van der Waals surface area contributed by atoms with Gasteiger partial charge in [-0.2, -0.15) is 0 Å². The molecule has 23 heavy (non-hydrogen) atoms. The first-order chi connectivity index (χ1) is 11.3. The highest BCUT2D eigenvalue weighted by molar-refractivity contribution is 5.91. The molecule has 2 fully saturated rings. The average Bonchev–Trinajstić information content (AvgIpc) is 3.17. The van der Waals surface area contributed by atoms with Gasteiger partial charge >= 0.3 is 0 Å². The topological polar surface area (TPSA) is 46.7 Å². The number of amides is 1. The Morgan fingerprint density at radius 1 is 1.09 bits per heavy atom. The maximum absolute atomic E-state index is 12.2. The average molecular weight is 311 g/mol. The van der Waals surface area contributed by atoms with Crippen molar-refractivity contribution < 1.29 is 14.1 Å². The first kappa shape index (κ1) is 14.5. The van der Waals surface area contributed by atoms with E-state index in [4.69, 9.17) is 4.42 Å². The molecule has 2 saturated heterocycles. The van der Waals surface area contributed by atoms with E-state index in [9.17, 15) is 4.79 Å². The van der Waals surface area contributed by atoms with Crippen molar-refractivity contribution in [3.05, 3.63) is 60.1 Å². The Balaban J connectivity index is 1.39. The molecule has 2 aliphatic rings. The number of nitrogens with one attached hydrogen (secondary N) is 2. The molecule has 4 nitrogen and oxygen atoms in total. The fourth-order valence-electron chi connectivity index (χ4n) is 4.33. The number of furan rings is 1. The largest absolute Gasteiger partial charge is 0.459 e. The van der Waals surface area contributed by atoms with Crippen molar-refractivity contribution in [2.45, 2.75) is 50.4 Å². The van der Waals surface area contributed by atoms with E-state index in [1.54, 1.807) is 23.3 Å². The van der Waals surface area contributed by atoms with Crippen molar-refractivity contribution in [2.24, 2.45) is 0 Å². The third-order valence-corrected chi connectivity index (χ3v) is 5.38. The summed E-state index contributed by atoms with van der Waals surface area (Å²) in [6.07, 6.45) is 6.25. The van der Waals surface area contributed by atoms with Crippen LogP contribution in [0.3, 0.4) is 0 Å². The first-order valence-corrected chi connectivity index (χ1v) is 8.53. The third kappa shape index (κ3) is 3.04. The molecule has 1 aromatic carbocycles. The van der Waals surface area contributed by atoms with Gasteiger partial charge in [0.15, 0.2) is 5.76 Å². The number of hydrogen-bond acceptors (Lipinski definition) is 2. The van der Waals surface area contributed by atoms with E-state index in [0.29, 0.717) is 17.8 Å². The monoisotopic (exact) mass is 311 g/mol. The number of carbonyl (C=O) groups is 1. The standard InChI is InChI=1S/C19H22N2O2/c22-19(18-7-4-10-23-18)20-15-11-16-8-9-17(12-15)21(16)13-14-5-2-1-3-6-14/h1-7,10,15-17H,8-9,11-13H2,(H,20,22)/p+1/t15?,16-,17+. The number of carbonyl (C=O) groups excluding carboxylic acids is 1. The fourth-order valence-corrected chi connectivity index (χ4v) is 4.33. The number of piperidine rings is 1. The van der Waals surface area contributed by atoms with Gasteiger partial charge in [0.05, 0.1) is 18.3 Å². The molecule has 2 aromatic rings. The van der Waals surface area contributed by atoms with Gasteiger partial charge in [-0.1, -0.05) is 30.3 Å². The smallest absolute Gasteiger partial charge is 0.287 e. The summed E-state index contributed by atoms with van der Waals surface area (Å²) in [6.45, 7) is 1.11. The summed E-state index contributed by atoms with van der Waals surface area (Å²) in [4.78, 5) is 13.9. The van der Waals surface area contributed by atoms with Gasteiger partial charge in [0, 0.05) is 37.3 Å². The molecule has 0 spiro atoms. The lowest BCUT2D eigenvalue weighted by Crippen LogP contribution is -3.17. The zero-order valence-electron chi connectivity index (χ0n) is 13.2. The van der Waals surface area contributed by atoms with Crippen molar-refractivity contribution >= 4 is 5.91 Å². The maximum atomic E-state index is 12.2. The Morgan fingerprint density at radius 3 is 2.48 bits per heavy atom. The lowest BCUT2D eigenvalue weighted by atomic mass is 9.96. The van der Waals surface area contributed by atoms with Gasteiger partial charge < -0.3 is 14.6 Å². The van der Waals surface area contributed by atoms with Crippen LogP contribution in [-0.4, -0.2) is 24.0 Å². The summed E-state index contributed by atoms with van der Waals surface area (Å²) in [5.74, 6) is 0.335. The molecule has 1 amide bonds. The first-order valence-electron chi connectivity index (χ1n) is 8.53. The van der Waals surface area contributed by atoms with Crippen LogP contribution in [0.5, 0.6) is 0 Å². The molecule has 4 rings (SSSR count). The predicted octanol–water partition coefficient (Wildman–Crippen LogP) is 1.79. The second-order valence-electron chi connectivity index (χ2n) is 6.83. The zero-order valence-corrected chi connectivity index (χ0v) is 13.2. The highest BCUT2D eigenvalue weighted by Gasteiger charge is 2.44. The SMILES string of the molecule is O=C(NC1C[C@H]2CC[C@@H](C1)[NH+]2Cc1ccccc1)c1ccco1. The minimum Gasteiger partial charge on any atom is -0.459 e. The normalized spacial score (nSPS) is 29.4. The van der Waals surface area contributed by atoms with Gasteiger partial charge in [0.2, 0.25) is 0 Å². The number of hydrogen-bond donors (Lipinski definition) is 2. The van der Waals surface area contributed by atoms with Crippen molar-refractivity contribution in [1.29, 1.82) is 0 Å². The van der Waals surface area contributed by atoms with Crippen LogP contribution in [0, 0.1) is 0 Å². The van der Waals surface area contributed by atoms with Crippen molar-refractivity contribution in [1.82, 2.24) is 5.32 Å². The summed E-state index contributed by atoms with van der Waals surface area (Å²) < 4.78 is 5.19. The van der Waals surface area contributed by atoms with Gasteiger partial charge in [0.25, 0.3) is 5.91 Å². The van der Waals surface area contributed by atoms with E-state index in [1.165, 1.54) is 18.4 Å². The highest BCUT2D eigenvalue weighted by Crippen LogP contribution is 2.24. The van der Waals surface area contributed by atoms with Crippen LogP contribution < -0.4 is 10.2 Å². The van der Waals surface area contributed by atoms with Crippen LogP contribution in [0.2, 0.25) is 0 Å². The van der Waals surface area contributed by atoms with Crippen LogP contribution in [0.25, 0.3) is 0 Å². The Bertz CT molecular complexity index is 639. The van der Waals surface area contributed by atoms with Crippen molar-refractivity contribution in [3.8, 4) is 0 Å². The van der Waals surface area contributed by atoms with Crippen LogP contribution in [0.4, 0.5) is 0 Å². The fraction of sp³-hybridized carbons (Fsp3) is 0.421. The van der Waals surface area contributed by atoms with Crippen molar-refractivity contribution in [2.75, 3.05) is 0 Å². The molecule has 0 saturated carbocycles. The quantitative estimate of drug-likeness (QED) is 0.904. The minimum atomic E-state index is -0.0779. The van der Waals surface area contributed by atoms with Gasteiger partial charge in [-0.15, -0.1) is 0 Å². The molecule has 2 unspecified atom stereocenters. The van der Waals surface area contributed by atoms with Gasteiger partial charge in [-0.05, 0) is 12.1 Å². The van der Waals surface area contributed by atoms with E-state index in [-0.39, 0.29) is 11.9 Å². The molecule has 4 atom stereocenters. The van der Waals surface area contributed by atoms with Crippen LogP contribution in [-0.2, 0) is 6.54 Å². The summed E-state index contributed by atoms with van der Waals surface area (Å²) in [7, 11) is 0. The molecular weight excluding hydrogens is 288 g/mol. The zero-order chi connectivity index (χ0) is 15.6. The van der Waals surface area contributed by atoms with Gasteiger partial charge in [-0.3, -0.25) is 4.79 Å². The number of quaternary nitrogens is 1. The molecule has 0 radical (unpaired) electrons. The summed E-state index contributed by atoms with van der Waals surface area (Å²) >= 11 is 0. The molecule has 2 bridgehead atoms. The minimum absolute atomic E-state index is 0.0779. The molecule has 0 aliphatic carbocycles. The van der Waals surface area contributed by atoms with E-state index >= 15 is 0 Å². The van der Waals surface area contributed by atoms with Gasteiger partial charge in [0.1, 0.15) is 6.54 Å². The lowest BCUT2D eigenvalue weighted by Gasteiger charge is -2.36. The summed E-state index contributed by atoms with van der Waals surface area (Å²) in [6, 6.07) is 15.8. The van der Waals surface area contributed by atoms with Crippen molar-refractivity contribution in [3.63, 3.8) is 0 Å². The molecular formula is C19H23N2O2+. The highest BCUT2D eigenvalue weighted by atomic mass is 16.3. The van der Waals surface area contributed by atoms with E-state index in [0.717, 1.165) is 19.4 Å². The predicted molar refractivity (Wildman–Crippen MR) is 87.1 cm³/mol. The summed E-state index contributed by atoms with van der Waals surface area (Å²) in [5.41, 5.74) is 1.41. The molecule has 1 aromatic heterocycles. The molecule has 4 heteroatoms. The number of benzene rings is 1. The van der Waals surface area contributed by atoms with E-state index < -0.39 is 0 Å². The van der Waals surface area contributed by atoms with Crippen LogP contribution >= 0.6 is 0 Å². The Hall–Kier alpha value is -2.07. The summed E-state index contributed by atoms with van der Waals surface area (Å²) in [5, 5.41) is 3.16. The van der Waals surface area contributed by atoms with Gasteiger partial charge in [-0.25, -0.2) is 0 Å². The molecule has 2 aliphatic heterocycles. The molecule has 120 valence electrons. The Morgan fingerprint density at radius 2 is 1.83 bits per heavy atom. The second kappa shape index (κ2) is 6.20. The number of rotatable bonds is 4. The lowest BCUT2D eigenvalue weighted by molar-refractivity contribution is -0.954.